The van der Waals surface area contributed by atoms with Crippen LogP contribution in [0.1, 0.15) is 33.6 Å². The van der Waals surface area contributed by atoms with Gasteiger partial charge >= 0.3 is 0 Å². The quantitative estimate of drug-likeness (QED) is 0.895. The summed E-state index contributed by atoms with van der Waals surface area (Å²) in [5.74, 6) is 0.766. The number of carbonyl (C=O) groups excluding carboxylic acids is 2. The van der Waals surface area contributed by atoms with Gasteiger partial charge in [0.05, 0.1) is 14.2 Å². The van der Waals surface area contributed by atoms with Crippen molar-refractivity contribution in [3.8, 4) is 11.5 Å². The van der Waals surface area contributed by atoms with Crippen LogP contribution in [0.3, 0.4) is 0 Å². The molecule has 1 fully saturated rings. The fourth-order valence-electron chi connectivity index (χ4n) is 3.01. The third-order valence-corrected chi connectivity index (χ3v) is 4.41. The number of anilines is 1. The molecule has 1 aliphatic rings. The minimum atomic E-state index is -0.281. The van der Waals surface area contributed by atoms with Crippen LogP contribution in [0.25, 0.3) is 0 Å². The van der Waals surface area contributed by atoms with Crippen molar-refractivity contribution in [3.05, 3.63) is 53.6 Å². The van der Waals surface area contributed by atoms with Gasteiger partial charge in [0.1, 0.15) is 0 Å². The Labute approximate surface area is 152 Å². The molecule has 3 rings (SSSR count). The molecule has 1 saturated heterocycles. The summed E-state index contributed by atoms with van der Waals surface area (Å²) in [4.78, 5) is 26.9. The minimum Gasteiger partial charge on any atom is -0.493 e. The molecule has 2 amide bonds. The maximum atomic E-state index is 12.5. The van der Waals surface area contributed by atoms with Crippen LogP contribution in [0.2, 0.25) is 0 Å². The summed E-state index contributed by atoms with van der Waals surface area (Å²) in [6.07, 6.45) is 2.09. The van der Waals surface area contributed by atoms with Gasteiger partial charge in [0, 0.05) is 29.9 Å². The van der Waals surface area contributed by atoms with E-state index in [4.69, 9.17) is 9.47 Å². The van der Waals surface area contributed by atoms with E-state index >= 15 is 0 Å². The Balaban J connectivity index is 1.75. The molecule has 0 atom stereocenters. The number of rotatable bonds is 5. The van der Waals surface area contributed by atoms with E-state index in [0.29, 0.717) is 28.3 Å². The average molecular weight is 354 g/mol. The predicted octanol–water partition coefficient (Wildman–Crippen LogP) is 3.19. The molecule has 26 heavy (non-hydrogen) atoms. The number of nitrogens with zero attached hydrogens (tertiary/aromatic N) is 1. The van der Waals surface area contributed by atoms with Crippen LogP contribution in [0.4, 0.5) is 5.69 Å². The van der Waals surface area contributed by atoms with Crippen molar-refractivity contribution >= 4 is 17.5 Å². The largest absolute Gasteiger partial charge is 0.493 e. The standard InChI is InChI=1S/C20H22N2O4/c1-25-17-9-8-14(13-18(17)26-2)19(23)21-16-7-5-6-15(12-16)20(24)22-10-3-4-11-22/h5-9,12-13H,3-4,10-11H2,1-2H3,(H,21,23). The van der Waals surface area contributed by atoms with Gasteiger partial charge in [0.2, 0.25) is 0 Å². The first-order valence-corrected chi connectivity index (χ1v) is 8.55. The number of ether oxygens (including phenoxy) is 2. The van der Waals surface area contributed by atoms with E-state index in [1.807, 2.05) is 4.90 Å². The molecule has 0 unspecified atom stereocenters. The number of nitrogens with one attached hydrogen (secondary N) is 1. The van der Waals surface area contributed by atoms with Crippen LogP contribution in [-0.2, 0) is 0 Å². The number of amides is 2. The Morgan fingerprint density at radius 2 is 1.65 bits per heavy atom. The topological polar surface area (TPSA) is 67.9 Å². The van der Waals surface area contributed by atoms with Gasteiger partial charge in [0.15, 0.2) is 11.5 Å². The molecule has 1 aliphatic heterocycles. The van der Waals surface area contributed by atoms with Crippen molar-refractivity contribution in [2.45, 2.75) is 12.8 Å². The first-order chi connectivity index (χ1) is 12.6. The van der Waals surface area contributed by atoms with Crippen LogP contribution in [0.5, 0.6) is 11.5 Å². The zero-order chi connectivity index (χ0) is 18.5. The number of hydrogen-bond donors (Lipinski definition) is 1. The highest BCUT2D eigenvalue weighted by Gasteiger charge is 2.20. The number of benzene rings is 2. The van der Waals surface area contributed by atoms with E-state index in [9.17, 15) is 9.59 Å². The number of carbonyl (C=O) groups is 2. The van der Waals surface area contributed by atoms with Crippen LogP contribution in [0.15, 0.2) is 42.5 Å². The molecule has 6 heteroatoms. The lowest BCUT2D eigenvalue weighted by Gasteiger charge is -2.16. The summed E-state index contributed by atoms with van der Waals surface area (Å²) in [5.41, 5.74) is 1.60. The third-order valence-electron chi connectivity index (χ3n) is 4.41. The second kappa shape index (κ2) is 7.91. The first kappa shape index (κ1) is 17.8. The van der Waals surface area contributed by atoms with Gasteiger partial charge in [-0.1, -0.05) is 6.07 Å². The van der Waals surface area contributed by atoms with Gasteiger partial charge in [-0.25, -0.2) is 0 Å². The molecule has 0 aromatic heterocycles. The highest BCUT2D eigenvalue weighted by Crippen LogP contribution is 2.28. The third kappa shape index (κ3) is 3.79. The van der Waals surface area contributed by atoms with Crippen molar-refractivity contribution in [2.75, 3.05) is 32.6 Å². The Morgan fingerprint density at radius 1 is 0.923 bits per heavy atom. The zero-order valence-corrected chi connectivity index (χ0v) is 15.0. The Morgan fingerprint density at radius 3 is 2.35 bits per heavy atom. The number of likely N-dealkylation sites (tertiary alicyclic amines) is 1. The van der Waals surface area contributed by atoms with Crippen molar-refractivity contribution in [2.24, 2.45) is 0 Å². The maximum Gasteiger partial charge on any atom is 0.255 e. The lowest BCUT2D eigenvalue weighted by molar-refractivity contribution is 0.0792. The average Bonchev–Trinajstić information content (AvgIpc) is 3.21. The van der Waals surface area contributed by atoms with E-state index in [1.54, 1.807) is 49.6 Å². The lowest BCUT2D eigenvalue weighted by atomic mass is 10.1. The van der Waals surface area contributed by atoms with Gasteiger partial charge in [0.25, 0.3) is 11.8 Å². The lowest BCUT2D eigenvalue weighted by Crippen LogP contribution is -2.27. The van der Waals surface area contributed by atoms with E-state index < -0.39 is 0 Å². The molecule has 0 aliphatic carbocycles. The Kier molecular flexibility index (Phi) is 5.41. The summed E-state index contributed by atoms with van der Waals surface area (Å²) in [5, 5.41) is 2.83. The highest BCUT2D eigenvalue weighted by atomic mass is 16.5. The van der Waals surface area contributed by atoms with E-state index in [0.717, 1.165) is 25.9 Å². The van der Waals surface area contributed by atoms with E-state index in [-0.39, 0.29) is 11.8 Å². The van der Waals surface area contributed by atoms with Gasteiger partial charge in [-0.05, 0) is 49.2 Å². The van der Waals surface area contributed by atoms with Crippen molar-refractivity contribution in [3.63, 3.8) is 0 Å². The number of hydrogen-bond acceptors (Lipinski definition) is 4. The normalized spacial score (nSPS) is 13.4. The summed E-state index contributed by atoms with van der Waals surface area (Å²) >= 11 is 0. The molecule has 0 bridgehead atoms. The Bertz CT molecular complexity index is 813. The monoisotopic (exact) mass is 354 g/mol. The molecule has 2 aromatic carbocycles. The van der Waals surface area contributed by atoms with Crippen LogP contribution in [0, 0.1) is 0 Å². The number of methoxy groups -OCH3 is 2. The highest BCUT2D eigenvalue weighted by molar-refractivity contribution is 6.05. The molecular formula is C20H22N2O4. The Hall–Kier alpha value is -3.02. The van der Waals surface area contributed by atoms with Crippen molar-refractivity contribution < 1.29 is 19.1 Å². The molecule has 136 valence electrons. The van der Waals surface area contributed by atoms with Crippen LogP contribution >= 0.6 is 0 Å². The predicted molar refractivity (Wildman–Crippen MR) is 99.1 cm³/mol. The summed E-state index contributed by atoms with van der Waals surface area (Å²) in [6, 6.07) is 12.0. The van der Waals surface area contributed by atoms with Crippen LogP contribution < -0.4 is 14.8 Å². The molecule has 0 spiro atoms. The smallest absolute Gasteiger partial charge is 0.255 e. The first-order valence-electron chi connectivity index (χ1n) is 8.55. The minimum absolute atomic E-state index is 0.00437. The molecule has 6 nitrogen and oxygen atoms in total. The fraction of sp³-hybridized carbons (Fsp3) is 0.300. The molecule has 0 saturated carbocycles. The molecule has 1 heterocycles. The van der Waals surface area contributed by atoms with Gasteiger partial charge < -0.3 is 19.7 Å². The second-order valence-electron chi connectivity index (χ2n) is 6.10. The molecule has 0 radical (unpaired) electrons. The molecule has 1 N–H and O–H groups in total. The fourth-order valence-corrected chi connectivity index (χ4v) is 3.01. The van der Waals surface area contributed by atoms with Crippen LogP contribution in [-0.4, -0.2) is 44.0 Å². The summed E-state index contributed by atoms with van der Waals surface area (Å²) in [6.45, 7) is 1.59. The molecular weight excluding hydrogens is 332 g/mol. The summed E-state index contributed by atoms with van der Waals surface area (Å²) < 4.78 is 10.4. The maximum absolute atomic E-state index is 12.5. The van der Waals surface area contributed by atoms with Gasteiger partial charge in [-0.3, -0.25) is 9.59 Å². The van der Waals surface area contributed by atoms with E-state index in [2.05, 4.69) is 5.32 Å². The van der Waals surface area contributed by atoms with Gasteiger partial charge in [-0.15, -0.1) is 0 Å². The van der Waals surface area contributed by atoms with Crippen molar-refractivity contribution in [1.82, 2.24) is 4.90 Å². The van der Waals surface area contributed by atoms with E-state index in [1.165, 1.54) is 7.11 Å². The second-order valence-corrected chi connectivity index (χ2v) is 6.10. The SMILES string of the molecule is COc1ccc(C(=O)Nc2cccc(C(=O)N3CCCC3)c2)cc1OC. The van der Waals surface area contributed by atoms with Crippen molar-refractivity contribution in [1.29, 1.82) is 0 Å². The zero-order valence-electron chi connectivity index (χ0n) is 15.0. The summed E-state index contributed by atoms with van der Waals surface area (Å²) in [7, 11) is 3.06. The van der Waals surface area contributed by atoms with Gasteiger partial charge in [-0.2, -0.15) is 0 Å². The molecule has 2 aromatic rings.